The maximum atomic E-state index is 12.9. The summed E-state index contributed by atoms with van der Waals surface area (Å²) in [7, 11) is 3.90. The number of hydrogen-bond acceptors (Lipinski definition) is 4. The predicted octanol–water partition coefficient (Wildman–Crippen LogP) is 1.20. The zero-order chi connectivity index (χ0) is 16.8. The van der Waals surface area contributed by atoms with Gasteiger partial charge in [0.2, 0.25) is 5.91 Å². The van der Waals surface area contributed by atoms with Crippen molar-refractivity contribution in [2.45, 2.75) is 25.5 Å². The van der Waals surface area contributed by atoms with Crippen molar-refractivity contribution in [3.05, 3.63) is 35.9 Å². The highest BCUT2D eigenvalue weighted by Gasteiger charge is 2.30. The molecule has 1 heterocycles. The van der Waals surface area contributed by atoms with Crippen LogP contribution >= 0.6 is 0 Å². The van der Waals surface area contributed by atoms with E-state index in [-0.39, 0.29) is 18.1 Å². The molecule has 2 rings (SSSR count). The Labute approximate surface area is 139 Å². The Morgan fingerprint density at radius 2 is 1.78 bits per heavy atom. The number of aliphatic hydroxyl groups is 1. The van der Waals surface area contributed by atoms with E-state index in [1.54, 1.807) is 0 Å². The van der Waals surface area contributed by atoms with E-state index < -0.39 is 0 Å². The summed E-state index contributed by atoms with van der Waals surface area (Å²) in [5.41, 5.74) is 1.03. The van der Waals surface area contributed by atoms with Crippen molar-refractivity contribution in [1.29, 1.82) is 0 Å². The minimum Gasteiger partial charge on any atom is -0.392 e. The van der Waals surface area contributed by atoms with Gasteiger partial charge in [-0.15, -0.1) is 0 Å². The molecule has 0 aromatic heterocycles. The maximum Gasteiger partial charge on any atom is 0.244 e. The minimum absolute atomic E-state index is 0.164. The molecule has 128 valence electrons. The Bertz CT molecular complexity index is 484. The summed E-state index contributed by atoms with van der Waals surface area (Å²) in [5, 5.41) is 9.77. The van der Waals surface area contributed by atoms with Crippen LogP contribution in [0.5, 0.6) is 0 Å². The van der Waals surface area contributed by atoms with Gasteiger partial charge in [0, 0.05) is 32.7 Å². The van der Waals surface area contributed by atoms with Crippen molar-refractivity contribution < 1.29 is 9.90 Å². The number of likely N-dealkylation sites (N-methyl/N-ethyl adjacent to an activating group) is 1. The molecule has 2 atom stereocenters. The summed E-state index contributed by atoms with van der Waals surface area (Å²) in [5.74, 6) is 0.164. The average Bonchev–Trinajstić information content (AvgIpc) is 2.56. The lowest BCUT2D eigenvalue weighted by atomic mass is 10.0. The van der Waals surface area contributed by atoms with Crippen molar-refractivity contribution >= 4 is 5.91 Å². The molecule has 0 radical (unpaired) electrons. The van der Waals surface area contributed by atoms with Crippen molar-refractivity contribution in [2.24, 2.45) is 0 Å². The highest BCUT2D eigenvalue weighted by molar-refractivity contribution is 5.83. The molecule has 5 nitrogen and oxygen atoms in total. The van der Waals surface area contributed by atoms with Crippen molar-refractivity contribution in [3.63, 3.8) is 0 Å². The second-order valence-corrected chi connectivity index (χ2v) is 6.46. The number of benzene rings is 1. The monoisotopic (exact) mass is 319 g/mol. The number of carbonyl (C=O) groups is 1. The molecule has 0 aliphatic carbocycles. The molecule has 1 saturated heterocycles. The molecule has 1 amide bonds. The molecule has 1 aromatic rings. The summed E-state index contributed by atoms with van der Waals surface area (Å²) >= 11 is 0. The van der Waals surface area contributed by atoms with Crippen LogP contribution in [0.1, 0.15) is 24.9 Å². The van der Waals surface area contributed by atoms with Crippen LogP contribution in [0.15, 0.2) is 30.3 Å². The van der Waals surface area contributed by atoms with E-state index in [2.05, 4.69) is 4.90 Å². The Hall–Kier alpha value is -1.43. The van der Waals surface area contributed by atoms with Gasteiger partial charge < -0.3 is 10.0 Å². The van der Waals surface area contributed by atoms with Gasteiger partial charge in [0.1, 0.15) is 6.04 Å². The van der Waals surface area contributed by atoms with Crippen LogP contribution in [0.2, 0.25) is 0 Å². The molecule has 23 heavy (non-hydrogen) atoms. The summed E-state index contributed by atoms with van der Waals surface area (Å²) < 4.78 is 0. The number of nitrogens with zero attached hydrogens (tertiary/aromatic N) is 3. The highest BCUT2D eigenvalue weighted by atomic mass is 16.3. The number of carbonyl (C=O) groups excluding carboxylic acids is 1. The predicted molar refractivity (Wildman–Crippen MR) is 92.2 cm³/mol. The van der Waals surface area contributed by atoms with Gasteiger partial charge in [-0.2, -0.15) is 0 Å². The van der Waals surface area contributed by atoms with Gasteiger partial charge in [0.05, 0.1) is 6.10 Å². The van der Waals surface area contributed by atoms with Gasteiger partial charge in [-0.1, -0.05) is 37.3 Å². The molecule has 0 saturated carbocycles. The number of amides is 1. The number of hydrogen-bond donors (Lipinski definition) is 1. The van der Waals surface area contributed by atoms with E-state index >= 15 is 0 Å². The zero-order valence-electron chi connectivity index (χ0n) is 14.5. The smallest absolute Gasteiger partial charge is 0.244 e. The third kappa shape index (κ3) is 4.77. The molecule has 5 heteroatoms. The summed E-state index contributed by atoms with van der Waals surface area (Å²) in [4.78, 5) is 19.1. The lowest BCUT2D eigenvalue weighted by Gasteiger charge is -2.38. The molecule has 0 spiro atoms. The molecule has 1 fully saturated rings. The lowest BCUT2D eigenvalue weighted by Crippen LogP contribution is -2.52. The second kappa shape index (κ2) is 8.43. The molecule has 1 aliphatic rings. The van der Waals surface area contributed by atoms with Gasteiger partial charge in [-0.25, -0.2) is 0 Å². The summed E-state index contributed by atoms with van der Waals surface area (Å²) in [6.45, 7) is 5.81. The topological polar surface area (TPSA) is 47.0 Å². The van der Waals surface area contributed by atoms with Crippen molar-refractivity contribution in [1.82, 2.24) is 14.7 Å². The summed E-state index contributed by atoms with van der Waals surface area (Å²) in [6.07, 6.45) is 0.506. The van der Waals surface area contributed by atoms with Crippen LogP contribution in [0, 0.1) is 0 Å². The van der Waals surface area contributed by atoms with Gasteiger partial charge in [0.25, 0.3) is 0 Å². The van der Waals surface area contributed by atoms with E-state index in [9.17, 15) is 9.90 Å². The lowest BCUT2D eigenvalue weighted by molar-refractivity contribution is -0.138. The number of piperazine rings is 1. The summed E-state index contributed by atoms with van der Waals surface area (Å²) in [6, 6.07) is 9.71. The molecule has 1 aliphatic heterocycles. The Morgan fingerprint density at radius 3 is 2.30 bits per heavy atom. The van der Waals surface area contributed by atoms with Gasteiger partial charge in [0.15, 0.2) is 0 Å². The first-order chi connectivity index (χ1) is 11.0. The van der Waals surface area contributed by atoms with Crippen LogP contribution in [0.25, 0.3) is 0 Å². The molecule has 1 aromatic carbocycles. The standard InChI is InChI=1S/C18H29N3O2/c1-4-16(22)14-20-10-12-21(13-11-20)18(23)17(19(2)3)15-8-6-5-7-9-15/h5-9,16-17,22H,4,10-14H2,1-3H3/t16-,17-/m1/s1. The van der Waals surface area contributed by atoms with Crippen LogP contribution in [0.3, 0.4) is 0 Å². The van der Waals surface area contributed by atoms with Crippen molar-refractivity contribution in [2.75, 3.05) is 46.8 Å². The van der Waals surface area contributed by atoms with Gasteiger partial charge in [-0.05, 0) is 26.1 Å². The van der Waals surface area contributed by atoms with Gasteiger partial charge >= 0.3 is 0 Å². The van der Waals surface area contributed by atoms with E-state index in [0.29, 0.717) is 6.54 Å². The fourth-order valence-electron chi connectivity index (χ4n) is 3.05. The first-order valence-corrected chi connectivity index (χ1v) is 8.43. The Balaban J connectivity index is 1.97. The third-order valence-electron chi connectivity index (χ3n) is 4.49. The van der Waals surface area contributed by atoms with E-state index in [4.69, 9.17) is 0 Å². The average molecular weight is 319 g/mol. The molecule has 1 N–H and O–H groups in total. The first kappa shape index (κ1) is 17.9. The van der Waals surface area contributed by atoms with Crippen LogP contribution in [0.4, 0.5) is 0 Å². The Kier molecular flexibility index (Phi) is 6.57. The normalized spacial score (nSPS) is 18.9. The third-order valence-corrected chi connectivity index (χ3v) is 4.49. The SMILES string of the molecule is CC[C@@H](O)CN1CCN(C(=O)[C@@H](c2ccccc2)N(C)C)CC1. The van der Waals surface area contributed by atoms with Crippen LogP contribution in [-0.4, -0.2) is 78.6 Å². The number of aliphatic hydroxyl groups excluding tert-OH is 1. The van der Waals surface area contributed by atoms with Crippen molar-refractivity contribution in [3.8, 4) is 0 Å². The fourth-order valence-corrected chi connectivity index (χ4v) is 3.05. The maximum absolute atomic E-state index is 12.9. The molecule has 0 bridgehead atoms. The van der Waals surface area contributed by atoms with Gasteiger partial charge in [-0.3, -0.25) is 14.6 Å². The molecular weight excluding hydrogens is 290 g/mol. The van der Waals surface area contributed by atoms with E-state index in [1.165, 1.54) is 0 Å². The first-order valence-electron chi connectivity index (χ1n) is 8.43. The van der Waals surface area contributed by atoms with E-state index in [0.717, 1.165) is 38.2 Å². The van der Waals surface area contributed by atoms with Crippen LogP contribution < -0.4 is 0 Å². The Morgan fingerprint density at radius 1 is 1.17 bits per heavy atom. The minimum atomic E-state index is -0.268. The highest BCUT2D eigenvalue weighted by Crippen LogP contribution is 2.21. The fraction of sp³-hybridized carbons (Fsp3) is 0.611. The number of rotatable bonds is 6. The number of β-amino-alcohol motifs (C(OH)–C–C–N with tert-alkyl or cyclic N) is 1. The quantitative estimate of drug-likeness (QED) is 0.856. The second-order valence-electron chi connectivity index (χ2n) is 6.46. The molecule has 0 unspecified atom stereocenters. The molecular formula is C18H29N3O2. The van der Waals surface area contributed by atoms with E-state index in [1.807, 2.05) is 61.2 Å². The zero-order valence-corrected chi connectivity index (χ0v) is 14.5. The van der Waals surface area contributed by atoms with Crippen LogP contribution in [-0.2, 0) is 4.79 Å². The largest absolute Gasteiger partial charge is 0.392 e.